The van der Waals surface area contributed by atoms with Crippen molar-refractivity contribution in [2.75, 3.05) is 10.8 Å². The Morgan fingerprint density at radius 3 is 1.78 bits per heavy atom. The minimum Gasteiger partial charge on any atom is -0.457 e. The number of aryl methyl sites for hydroxylation is 2. The Morgan fingerprint density at radius 2 is 1.22 bits per heavy atom. The van der Waals surface area contributed by atoms with Crippen LogP contribution in [0.2, 0.25) is 0 Å². The van der Waals surface area contributed by atoms with Gasteiger partial charge in [-0.05, 0) is 94.3 Å². The van der Waals surface area contributed by atoms with Gasteiger partial charge in [0, 0.05) is 18.5 Å². The molecule has 1 atom stereocenters. The minimum atomic E-state index is -4.24. The Morgan fingerprint density at radius 1 is 0.686 bits per heavy atom. The van der Waals surface area contributed by atoms with Crippen LogP contribution in [0.1, 0.15) is 43.0 Å². The van der Waals surface area contributed by atoms with Gasteiger partial charge < -0.3 is 15.0 Å². The Kier molecular flexibility index (Phi) is 11.6. The number of hydrogen-bond donors (Lipinski definition) is 1. The fourth-order valence-corrected chi connectivity index (χ4v) is 6.98. The van der Waals surface area contributed by atoms with Gasteiger partial charge in [-0.1, -0.05) is 96.1 Å². The number of ether oxygens (including phenoxy) is 1. The number of hydrogen-bond acceptors (Lipinski definition) is 5. The summed E-state index contributed by atoms with van der Waals surface area (Å²) in [4.78, 5) is 30.4. The molecule has 0 fully saturated rings. The molecule has 0 aliphatic carbocycles. The number of nitrogens with zero attached hydrogens (tertiary/aromatic N) is 2. The number of anilines is 1. The van der Waals surface area contributed by atoms with Crippen molar-refractivity contribution in [3.63, 3.8) is 0 Å². The molecule has 0 unspecified atom stereocenters. The molecule has 8 nitrogen and oxygen atoms in total. The summed E-state index contributed by atoms with van der Waals surface area (Å²) in [5.74, 6) is 0.282. The van der Waals surface area contributed by atoms with Crippen molar-refractivity contribution in [3.05, 3.63) is 156 Å². The van der Waals surface area contributed by atoms with Crippen LogP contribution in [0.4, 0.5) is 5.69 Å². The van der Waals surface area contributed by atoms with Gasteiger partial charge in [-0.15, -0.1) is 0 Å². The first kappa shape index (κ1) is 36.9. The lowest BCUT2D eigenvalue weighted by Gasteiger charge is -2.35. The highest BCUT2D eigenvalue weighted by Crippen LogP contribution is 2.29. The molecule has 5 aromatic rings. The first-order valence-electron chi connectivity index (χ1n) is 16.9. The molecule has 5 rings (SSSR count). The van der Waals surface area contributed by atoms with Gasteiger partial charge in [-0.2, -0.15) is 0 Å². The maximum absolute atomic E-state index is 14.8. The third kappa shape index (κ3) is 10.1. The van der Waals surface area contributed by atoms with Gasteiger partial charge in [0.25, 0.3) is 10.0 Å². The third-order valence-electron chi connectivity index (χ3n) is 8.23. The predicted octanol–water partition coefficient (Wildman–Crippen LogP) is 7.85. The third-order valence-corrected chi connectivity index (χ3v) is 10.0. The van der Waals surface area contributed by atoms with Crippen molar-refractivity contribution >= 4 is 27.5 Å². The second kappa shape index (κ2) is 16.1. The molecule has 0 radical (unpaired) electrons. The van der Waals surface area contributed by atoms with Gasteiger partial charge >= 0.3 is 0 Å². The van der Waals surface area contributed by atoms with E-state index in [1.54, 1.807) is 36.4 Å². The number of amides is 2. The standard InChI is InChI=1S/C42H45N3O5S/c1-31-16-20-34(21-17-31)29-44(39(41(47)43-42(3,4)5)28-33-12-8-6-9-13-33)40(46)30-45(51(48,49)38-26-18-32(2)19-27-38)35-22-24-37(25-23-35)50-36-14-10-7-11-15-36/h6-27,39H,28-30H2,1-5H3,(H,43,47)/t39-/m0/s1. The first-order valence-corrected chi connectivity index (χ1v) is 18.4. The Bertz CT molecular complexity index is 2010. The van der Waals surface area contributed by atoms with E-state index in [-0.39, 0.29) is 29.5 Å². The smallest absolute Gasteiger partial charge is 0.264 e. The average molecular weight is 704 g/mol. The zero-order valence-electron chi connectivity index (χ0n) is 29.7. The zero-order valence-corrected chi connectivity index (χ0v) is 30.6. The molecule has 51 heavy (non-hydrogen) atoms. The summed E-state index contributed by atoms with van der Waals surface area (Å²) in [6.45, 7) is 9.06. The van der Waals surface area contributed by atoms with Crippen molar-refractivity contribution in [1.82, 2.24) is 10.2 Å². The van der Waals surface area contributed by atoms with E-state index < -0.39 is 34.1 Å². The molecule has 0 bridgehead atoms. The van der Waals surface area contributed by atoms with Crippen molar-refractivity contribution in [2.24, 2.45) is 0 Å². The molecule has 0 saturated heterocycles. The van der Waals surface area contributed by atoms with Crippen LogP contribution in [0.15, 0.2) is 138 Å². The monoisotopic (exact) mass is 703 g/mol. The fourth-order valence-electron chi connectivity index (χ4n) is 5.57. The molecule has 9 heteroatoms. The lowest BCUT2D eigenvalue weighted by atomic mass is 10.0. The van der Waals surface area contributed by atoms with E-state index in [0.29, 0.717) is 11.5 Å². The molecule has 0 heterocycles. The number of rotatable bonds is 13. The van der Waals surface area contributed by atoms with Crippen LogP contribution in [0.5, 0.6) is 11.5 Å². The zero-order chi connectivity index (χ0) is 36.6. The summed E-state index contributed by atoms with van der Waals surface area (Å²) < 4.78 is 35.9. The summed E-state index contributed by atoms with van der Waals surface area (Å²) in [6.07, 6.45) is 0.233. The van der Waals surface area contributed by atoms with E-state index in [2.05, 4.69) is 5.32 Å². The maximum atomic E-state index is 14.8. The predicted molar refractivity (Wildman–Crippen MR) is 202 cm³/mol. The molecule has 5 aromatic carbocycles. The molecule has 0 aromatic heterocycles. The average Bonchev–Trinajstić information content (AvgIpc) is 3.10. The minimum absolute atomic E-state index is 0.0434. The SMILES string of the molecule is Cc1ccc(CN(C(=O)CN(c2ccc(Oc3ccccc3)cc2)S(=O)(=O)c2ccc(C)cc2)[C@@H](Cc2ccccc2)C(=O)NC(C)(C)C)cc1. The fraction of sp³-hybridized carbons (Fsp3) is 0.238. The normalized spacial score (nSPS) is 12.1. The van der Waals surface area contributed by atoms with Gasteiger partial charge in [0.15, 0.2) is 0 Å². The first-order chi connectivity index (χ1) is 24.3. The van der Waals surface area contributed by atoms with Gasteiger partial charge in [0.2, 0.25) is 11.8 Å². The quantitative estimate of drug-likeness (QED) is 0.135. The Hall–Kier alpha value is -5.41. The van der Waals surface area contributed by atoms with Crippen molar-refractivity contribution < 1.29 is 22.7 Å². The Labute approximate surface area is 301 Å². The summed E-state index contributed by atoms with van der Waals surface area (Å²) >= 11 is 0. The van der Waals surface area contributed by atoms with Gasteiger partial charge in [-0.3, -0.25) is 13.9 Å². The number of benzene rings is 5. The summed E-state index contributed by atoms with van der Waals surface area (Å²) in [7, 11) is -4.24. The van der Waals surface area contributed by atoms with Crippen LogP contribution < -0.4 is 14.4 Å². The van der Waals surface area contributed by atoms with Crippen LogP contribution in [0.25, 0.3) is 0 Å². The molecule has 0 saturated carbocycles. The highest BCUT2D eigenvalue weighted by atomic mass is 32.2. The largest absolute Gasteiger partial charge is 0.457 e. The van der Waals surface area contributed by atoms with E-state index in [1.807, 2.05) is 120 Å². The second-order valence-corrected chi connectivity index (χ2v) is 15.5. The number of para-hydroxylation sites is 1. The Balaban J connectivity index is 1.57. The molecule has 2 amide bonds. The molecule has 264 valence electrons. The number of carbonyl (C=O) groups excluding carboxylic acids is 2. The van der Waals surface area contributed by atoms with Crippen LogP contribution >= 0.6 is 0 Å². The van der Waals surface area contributed by atoms with E-state index in [4.69, 9.17) is 4.74 Å². The highest BCUT2D eigenvalue weighted by molar-refractivity contribution is 7.92. The maximum Gasteiger partial charge on any atom is 0.264 e. The molecular formula is C42H45N3O5S. The summed E-state index contributed by atoms with van der Waals surface area (Å²) in [5.41, 5.74) is 3.33. The molecule has 1 N–H and O–H groups in total. The van der Waals surface area contributed by atoms with E-state index in [0.717, 1.165) is 26.6 Å². The van der Waals surface area contributed by atoms with Gasteiger partial charge in [0.05, 0.1) is 10.6 Å². The molecular weight excluding hydrogens is 659 g/mol. The molecule has 0 spiro atoms. The van der Waals surface area contributed by atoms with Gasteiger partial charge in [-0.25, -0.2) is 8.42 Å². The van der Waals surface area contributed by atoms with Crippen LogP contribution in [-0.4, -0.2) is 43.3 Å². The topological polar surface area (TPSA) is 96.0 Å². The summed E-state index contributed by atoms with van der Waals surface area (Å²) in [6, 6.07) is 38.7. The van der Waals surface area contributed by atoms with Crippen molar-refractivity contribution in [3.8, 4) is 11.5 Å². The second-order valence-electron chi connectivity index (χ2n) is 13.7. The van der Waals surface area contributed by atoms with Crippen molar-refractivity contribution in [1.29, 1.82) is 0 Å². The van der Waals surface area contributed by atoms with E-state index in [1.165, 1.54) is 17.0 Å². The number of sulfonamides is 1. The van der Waals surface area contributed by atoms with Gasteiger partial charge in [0.1, 0.15) is 24.1 Å². The van der Waals surface area contributed by atoms with Crippen molar-refractivity contribution in [2.45, 2.75) is 64.1 Å². The lowest BCUT2D eigenvalue weighted by molar-refractivity contribution is -0.140. The highest BCUT2D eigenvalue weighted by Gasteiger charge is 2.35. The molecule has 0 aliphatic heterocycles. The number of carbonyl (C=O) groups is 2. The van der Waals surface area contributed by atoms with E-state index >= 15 is 0 Å². The van der Waals surface area contributed by atoms with Crippen LogP contribution in [0.3, 0.4) is 0 Å². The lowest BCUT2D eigenvalue weighted by Crippen LogP contribution is -2.56. The van der Waals surface area contributed by atoms with Crippen LogP contribution in [0, 0.1) is 13.8 Å². The van der Waals surface area contributed by atoms with Crippen LogP contribution in [-0.2, 0) is 32.6 Å². The summed E-state index contributed by atoms with van der Waals surface area (Å²) in [5, 5.41) is 3.06. The van der Waals surface area contributed by atoms with E-state index in [9.17, 15) is 18.0 Å². The molecule has 0 aliphatic rings. The number of nitrogens with one attached hydrogen (secondary N) is 1.